The Morgan fingerprint density at radius 2 is 2.32 bits per heavy atom. The van der Waals surface area contributed by atoms with Gasteiger partial charge in [0.1, 0.15) is 5.82 Å². The predicted molar refractivity (Wildman–Crippen MR) is 68.2 cm³/mol. The van der Waals surface area contributed by atoms with Gasteiger partial charge in [0.05, 0.1) is 17.7 Å². The highest BCUT2D eigenvalue weighted by atomic mass is 32.2. The number of pyridine rings is 1. The summed E-state index contributed by atoms with van der Waals surface area (Å²) in [6.45, 7) is 0.512. The summed E-state index contributed by atoms with van der Waals surface area (Å²) in [4.78, 5) is 4.18. The van der Waals surface area contributed by atoms with Gasteiger partial charge in [-0.3, -0.25) is 0 Å². The Kier molecular flexibility index (Phi) is 2.89. The van der Waals surface area contributed by atoms with Crippen LogP contribution in [0, 0.1) is 11.7 Å². The molecule has 1 fully saturated rings. The molecule has 0 radical (unpaired) electrons. The molecular weight excluding hydrogens is 271 g/mol. The Labute approximate surface area is 109 Å². The summed E-state index contributed by atoms with van der Waals surface area (Å²) in [5.41, 5.74) is 0.544. The maximum absolute atomic E-state index is 13.0. The summed E-state index contributed by atoms with van der Waals surface area (Å²) in [7, 11) is -2.87. The third kappa shape index (κ3) is 2.67. The van der Waals surface area contributed by atoms with E-state index in [0.717, 1.165) is 0 Å². The molecule has 0 saturated carbocycles. The van der Waals surface area contributed by atoms with E-state index in [1.807, 2.05) is 0 Å². The molecule has 6 nitrogen and oxygen atoms in total. The molecule has 1 aliphatic heterocycles. The molecule has 2 aromatic rings. The van der Waals surface area contributed by atoms with Gasteiger partial charge in [-0.15, -0.1) is 5.10 Å². The van der Waals surface area contributed by atoms with E-state index in [-0.39, 0.29) is 23.2 Å². The van der Waals surface area contributed by atoms with E-state index in [0.29, 0.717) is 24.6 Å². The van der Waals surface area contributed by atoms with Crippen molar-refractivity contribution in [2.45, 2.75) is 6.42 Å². The first-order valence-electron chi connectivity index (χ1n) is 5.98. The summed E-state index contributed by atoms with van der Waals surface area (Å²) in [6, 6.07) is 2.85. The first kappa shape index (κ1) is 12.3. The highest BCUT2D eigenvalue weighted by molar-refractivity contribution is 7.91. The lowest BCUT2D eigenvalue weighted by Gasteiger charge is -2.06. The molecule has 0 bridgehead atoms. The highest BCUT2D eigenvalue weighted by Gasteiger charge is 2.27. The number of aromatic nitrogens is 3. The van der Waals surface area contributed by atoms with Crippen LogP contribution in [0.5, 0.6) is 0 Å². The Morgan fingerprint density at radius 1 is 1.47 bits per heavy atom. The normalized spacial score (nSPS) is 21.8. The van der Waals surface area contributed by atoms with Crippen molar-refractivity contribution < 1.29 is 12.8 Å². The van der Waals surface area contributed by atoms with E-state index in [2.05, 4.69) is 15.4 Å². The number of sulfone groups is 1. The van der Waals surface area contributed by atoms with Crippen LogP contribution in [0.1, 0.15) is 6.42 Å². The van der Waals surface area contributed by atoms with Crippen LogP contribution in [0.15, 0.2) is 18.3 Å². The molecule has 0 aliphatic carbocycles. The lowest BCUT2D eigenvalue weighted by molar-refractivity contribution is 0.595. The zero-order valence-corrected chi connectivity index (χ0v) is 10.9. The molecule has 1 N–H and O–H groups in total. The zero-order chi connectivity index (χ0) is 13.5. The Hall–Kier alpha value is -1.70. The van der Waals surface area contributed by atoms with Crippen molar-refractivity contribution in [3.8, 4) is 0 Å². The van der Waals surface area contributed by atoms with E-state index in [9.17, 15) is 12.8 Å². The predicted octanol–water partition coefficient (Wildman–Crippen LogP) is 0.715. The minimum Gasteiger partial charge on any atom is -0.353 e. The van der Waals surface area contributed by atoms with E-state index in [4.69, 9.17) is 0 Å². The number of halogens is 1. The van der Waals surface area contributed by atoms with Crippen molar-refractivity contribution in [2.75, 3.05) is 23.4 Å². The van der Waals surface area contributed by atoms with Gasteiger partial charge in [-0.25, -0.2) is 17.3 Å². The first-order chi connectivity index (χ1) is 9.02. The summed E-state index contributed by atoms with van der Waals surface area (Å²) >= 11 is 0. The van der Waals surface area contributed by atoms with Gasteiger partial charge < -0.3 is 5.32 Å². The zero-order valence-electron chi connectivity index (χ0n) is 10.1. The van der Waals surface area contributed by atoms with E-state index >= 15 is 0 Å². The molecule has 102 valence electrons. The number of rotatable bonds is 3. The fourth-order valence-corrected chi connectivity index (χ4v) is 4.06. The van der Waals surface area contributed by atoms with Crippen LogP contribution in [-0.2, 0) is 9.84 Å². The van der Waals surface area contributed by atoms with Crippen molar-refractivity contribution >= 4 is 21.4 Å². The Bertz CT molecular complexity index is 713. The molecule has 0 spiro atoms. The second-order valence-electron chi connectivity index (χ2n) is 4.74. The van der Waals surface area contributed by atoms with Crippen molar-refractivity contribution in [3.63, 3.8) is 0 Å². The second-order valence-corrected chi connectivity index (χ2v) is 6.96. The standard InChI is InChI=1S/C11H13FN4O2S/c12-9-1-2-10-14-11(15-16(10)6-9)13-5-8-3-4-19(17,18)7-8/h1-2,6,8H,3-5,7H2,(H,13,15). The second kappa shape index (κ2) is 4.44. The minimum absolute atomic E-state index is 0.0911. The molecule has 1 saturated heterocycles. The summed E-state index contributed by atoms with van der Waals surface area (Å²) in [5.74, 6) is 0.555. The number of fused-ring (bicyclic) bond motifs is 1. The van der Waals surface area contributed by atoms with Crippen molar-refractivity contribution in [1.29, 1.82) is 0 Å². The van der Waals surface area contributed by atoms with Gasteiger partial charge in [0.15, 0.2) is 15.5 Å². The molecule has 3 rings (SSSR count). The van der Waals surface area contributed by atoms with Crippen LogP contribution in [0.4, 0.5) is 10.3 Å². The van der Waals surface area contributed by atoms with E-state index in [1.54, 1.807) is 0 Å². The number of nitrogens with zero attached hydrogens (tertiary/aromatic N) is 3. The van der Waals surface area contributed by atoms with Gasteiger partial charge in [0.2, 0.25) is 5.95 Å². The maximum atomic E-state index is 13.0. The Morgan fingerprint density at radius 3 is 3.05 bits per heavy atom. The van der Waals surface area contributed by atoms with Gasteiger partial charge >= 0.3 is 0 Å². The van der Waals surface area contributed by atoms with Crippen LogP contribution in [0.2, 0.25) is 0 Å². The average Bonchev–Trinajstić information content (AvgIpc) is 2.89. The lowest BCUT2D eigenvalue weighted by atomic mass is 10.1. The first-order valence-corrected chi connectivity index (χ1v) is 7.80. The topological polar surface area (TPSA) is 76.4 Å². The molecule has 8 heteroatoms. The molecule has 0 amide bonds. The Balaban J connectivity index is 1.69. The van der Waals surface area contributed by atoms with Crippen molar-refractivity contribution in [3.05, 3.63) is 24.1 Å². The molecule has 1 unspecified atom stereocenters. The van der Waals surface area contributed by atoms with Gasteiger partial charge in [-0.1, -0.05) is 0 Å². The fourth-order valence-electron chi connectivity index (χ4n) is 2.20. The summed E-state index contributed by atoms with van der Waals surface area (Å²) < 4.78 is 37.0. The third-order valence-corrected chi connectivity index (χ3v) is 5.01. The fraction of sp³-hybridized carbons (Fsp3) is 0.455. The monoisotopic (exact) mass is 284 g/mol. The third-order valence-electron chi connectivity index (χ3n) is 3.17. The molecule has 1 atom stereocenters. The lowest BCUT2D eigenvalue weighted by Crippen LogP contribution is -2.16. The number of nitrogens with one attached hydrogen (secondary N) is 1. The highest BCUT2D eigenvalue weighted by Crippen LogP contribution is 2.18. The molecule has 1 aliphatic rings. The van der Waals surface area contributed by atoms with Gasteiger partial charge in [0.25, 0.3) is 0 Å². The molecule has 2 aromatic heterocycles. The molecule has 3 heterocycles. The van der Waals surface area contributed by atoms with E-state index in [1.165, 1.54) is 22.8 Å². The molecular formula is C11H13FN4O2S. The van der Waals surface area contributed by atoms with Crippen LogP contribution < -0.4 is 5.32 Å². The van der Waals surface area contributed by atoms with E-state index < -0.39 is 9.84 Å². The number of hydrogen-bond acceptors (Lipinski definition) is 5. The smallest absolute Gasteiger partial charge is 0.243 e. The van der Waals surface area contributed by atoms with Gasteiger partial charge in [-0.05, 0) is 24.5 Å². The number of anilines is 1. The number of hydrogen-bond donors (Lipinski definition) is 1. The minimum atomic E-state index is -2.87. The van der Waals surface area contributed by atoms with Crippen LogP contribution in [0.25, 0.3) is 5.65 Å². The summed E-state index contributed by atoms with van der Waals surface area (Å²) in [6.07, 6.45) is 1.91. The van der Waals surface area contributed by atoms with Gasteiger partial charge in [-0.2, -0.15) is 4.98 Å². The van der Waals surface area contributed by atoms with Crippen molar-refractivity contribution in [2.24, 2.45) is 5.92 Å². The van der Waals surface area contributed by atoms with Crippen LogP contribution in [-0.4, -0.2) is 41.1 Å². The molecule has 0 aromatic carbocycles. The SMILES string of the molecule is O=S1(=O)CCC(CNc2nc3ccc(F)cn3n2)C1. The van der Waals surface area contributed by atoms with Gasteiger partial charge in [0, 0.05) is 6.54 Å². The van der Waals surface area contributed by atoms with Crippen LogP contribution >= 0.6 is 0 Å². The molecule has 19 heavy (non-hydrogen) atoms. The quantitative estimate of drug-likeness (QED) is 0.898. The largest absolute Gasteiger partial charge is 0.353 e. The summed E-state index contributed by atoms with van der Waals surface area (Å²) in [5, 5.41) is 7.08. The average molecular weight is 284 g/mol. The van der Waals surface area contributed by atoms with Crippen molar-refractivity contribution in [1.82, 2.24) is 14.6 Å². The maximum Gasteiger partial charge on any atom is 0.243 e. The van der Waals surface area contributed by atoms with Crippen LogP contribution in [0.3, 0.4) is 0 Å².